The molecule has 0 radical (unpaired) electrons. The van der Waals surface area contributed by atoms with E-state index in [1.807, 2.05) is 12.1 Å². The van der Waals surface area contributed by atoms with Crippen LogP contribution in [0.3, 0.4) is 0 Å². The van der Waals surface area contributed by atoms with Crippen molar-refractivity contribution in [3.05, 3.63) is 145 Å². The molecular weight excluding hydrogens is 499 g/mol. The van der Waals surface area contributed by atoms with E-state index in [1.165, 1.54) is 70.6 Å². The molecule has 0 spiro atoms. The maximum Gasteiger partial charge on any atom is 0.123 e. The number of fused-ring (bicyclic) bond motifs is 3. The van der Waals surface area contributed by atoms with Crippen LogP contribution >= 0.6 is 0 Å². The molecule has 9 aromatic carbocycles. The van der Waals surface area contributed by atoms with Gasteiger partial charge in [0, 0.05) is 0 Å². The second-order valence-electron chi connectivity index (χ2n) is 11.0. The Labute approximate surface area is 236 Å². The summed E-state index contributed by atoms with van der Waals surface area (Å²) in [5.74, 6) is -0.209. The van der Waals surface area contributed by atoms with Gasteiger partial charge in [0.15, 0.2) is 0 Å². The lowest BCUT2D eigenvalue weighted by atomic mass is 9.83. The van der Waals surface area contributed by atoms with Gasteiger partial charge in [-0.25, -0.2) is 4.39 Å². The molecule has 0 aromatic heterocycles. The van der Waals surface area contributed by atoms with Gasteiger partial charge in [0.2, 0.25) is 0 Å². The van der Waals surface area contributed by atoms with Gasteiger partial charge >= 0.3 is 0 Å². The van der Waals surface area contributed by atoms with Crippen LogP contribution in [0.5, 0.6) is 0 Å². The number of benzene rings is 9. The fraction of sp³-hybridized carbons (Fsp3) is 0. The maximum atomic E-state index is 13.9. The minimum Gasteiger partial charge on any atom is -0.207 e. The molecule has 9 rings (SSSR count). The summed E-state index contributed by atoms with van der Waals surface area (Å²) in [6.45, 7) is 0. The molecule has 0 atom stereocenters. The lowest BCUT2D eigenvalue weighted by Crippen LogP contribution is -1.92. The van der Waals surface area contributed by atoms with Crippen LogP contribution in [0, 0.1) is 5.82 Å². The first-order valence-corrected chi connectivity index (χ1v) is 14.0. The van der Waals surface area contributed by atoms with Gasteiger partial charge in [-0.15, -0.1) is 0 Å². The Morgan fingerprint density at radius 3 is 1.59 bits per heavy atom. The summed E-state index contributed by atoms with van der Waals surface area (Å²) in [6, 6.07) is 49.1. The summed E-state index contributed by atoms with van der Waals surface area (Å²) < 4.78 is 13.9. The zero-order chi connectivity index (χ0) is 27.1. The summed E-state index contributed by atoms with van der Waals surface area (Å²) in [7, 11) is 0. The second-order valence-corrected chi connectivity index (χ2v) is 11.0. The summed E-state index contributed by atoms with van der Waals surface area (Å²) in [5.41, 5.74) is 4.87. The van der Waals surface area contributed by atoms with Gasteiger partial charge in [-0.05, 0) is 105 Å². The molecule has 0 aliphatic rings. The molecular formula is C40H23F. The first kappa shape index (κ1) is 22.5. The molecule has 0 heterocycles. The van der Waals surface area contributed by atoms with Crippen molar-refractivity contribution in [2.45, 2.75) is 0 Å². The highest BCUT2D eigenvalue weighted by Crippen LogP contribution is 2.47. The van der Waals surface area contributed by atoms with Gasteiger partial charge in [0.1, 0.15) is 5.82 Å². The van der Waals surface area contributed by atoms with E-state index in [0.717, 1.165) is 16.3 Å². The molecule has 0 amide bonds. The highest BCUT2D eigenvalue weighted by Gasteiger charge is 2.19. The average molecular weight is 523 g/mol. The van der Waals surface area contributed by atoms with Crippen LogP contribution in [-0.4, -0.2) is 0 Å². The fourth-order valence-electron chi connectivity index (χ4n) is 7.06. The number of hydrogen-bond acceptors (Lipinski definition) is 0. The molecule has 0 bridgehead atoms. The standard InChI is InChI=1S/C40H23F/c41-30-19-16-27-22-29(15-14-28(27)23-30)38-31-8-1-3-10-33(31)40(34-11-4-2-9-32(34)38)36-21-18-26-13-12-24-6-5-7-25-17-20-35(36)39(26)37(24)25/h1-23H. The lowest BCUT2D eigenvalue weighted by Gasteiger charge is -2.20. The third kappa shape index (κ3) is 3.21. The van der Waals surface area contributed by atoms with E-state index in [0.29, 0.717) is 0 Å². The molecule has 0 saturated carbocycles. The summed E-state index contributed by atoms with van der Waals surface area (Å²) in [5, 5.41) is 14.6. The third-order valence-electron chi connectivity index (χ3n) is 8.82. The van der Waals surface area contributed by atoms with Crippen LogP contribution in [0.4, 0.5) is 4.39 Å². The zero-order valence-electron chi connectivity index (χ0n) is 22.2. The molecule has 0 N–H and O–H groups in total. The Kier molecular flexibility index (Phi) is 4.60. The van der Waals surface area contributed by atoms with Gasteiger partial charge in [0.05, 0.1) is 0 Å². The molecule has 0 saturated heterocycles. The van der Waals surface area contributed by atoms with Crippen molar-refractivity contribution < 1.29 is 4.39 Å². The SMILES string of the molecule is Fc1ccc2cc(-c3c4ccccc4c(-c4ccc5ccc6cccc7ccc4c5c67)c4ccccc34)ccc2c1. The van der Waals surface area contributed by atoms with Crippen molar-refractivity contribution in [2.24, 2.45) is 0 Å². The summed E-state index contributed by atoms with van der Waals surface area (Å²) in [4.78, 5) is 0. The van der Waals surface area contributed by atoms with E-state index in [4.69, 9.17) is 0 Å². The molecule has 0 fully saturated rings. The Bertz CT molecular complexity index is 2410. The monoisotopic (exact) mass is 522 g/mol. The van der Waals surface area contributed by atoms with Crippen molar-refractivity contribution in [1.82, 2.24) is 0 Å². The number of halogens is 1. The number of rotatable bonds is 2. The first-order chi connectivity index (χ1) is 20.2. The van der Waals surface area contributed by atoms with Gasteiger partial charge in [-0.3, -0.25) is 0 Å². The minimum absolute atomic E-state index is 0.209. The third-order valence-corrected chi connectivity index (χ3v) is 8.82. The average Bonchev–Trinajstić information content (AvgIpc) is 3.02. The Morgan fingerprint density at radius 2 is 0.878 bits per heavy atom. The van der Waals surface area contributed by atoms with Gasteiger partial charge in [-0.1, -0.05) is 121 Å². The van der Waals surface area contributed by atoms with E-state index in [2.05, 4.69) is 115 Å². The number of hydrogen-bond donors (Lipinski definition) is 0. The van der Waals surface area contributed by atoms with Crippen molar-refractivity contribution in [1.29, 1.82) is 0 Å². The van der Waals surface area contributed by atoms with Crippen LogP contribution < -0.4 is 0 Å². The van der Waals surface area contributed by atoms with E-state index < -0.39 is 0 Å². The highest BCUT2D eigenvalue weighted by atomic mass is 19.1. The molecule has 41 heavy (non-hydrogen) atoms. The molecule has 190 valence electrons. The predicted octanol–water partition coefficient (Wildman–Crippen LogP) is 11.5. The molecule has 1 heteroatoms. The molecule has 0 nitrogen and oxygen atoms in total. The Hall–Kier alpha value is -5.27. The summed E-state index contributed by atoms with van der Waals surface area (Å²) >= 11 is 0. The highest BCUT2D eigenvalue weighted by molar-refractivity contribution is 6.29. The van der Waals surface area contributed by atoms with E-state index in [-0.39, 0.29) is 5.82 Å². The van der Waals surface area contributed by atoms with E-state index in [9.17, 15) is 4.39 Å². The van der Waals surface area contributed by atoms with Crippen LogP contribution in [0.2, 0.25) is 0 Å². The minimum atomic E-state index is -0.209. The summed E-state index contributed by atoms with van der Waals surface area (Å²) in [6.07, 6.45) is 0. The fourth-order valence-corrected chi connectivity index (χ4v) is 7.06. The van der Waals surface area contributed by atoms with Crippen LogP contribution in [0.1, 0.15) is 0 Å². The molecule has 0 aliphatic carbocycles. The smallest absolute Gasteiger partial charge is 0.123 e. The quantitative estimate of drug-likeness (QED) is 0.156. The Morgan fingerprint density at radius 1 is 0.341 bits per heavy atom. The lowest BCUT2D eigenvalue weighted by molar-refractivity contribution is 0.630. The molecule has 0 unspecified atom stereocenters. The van der Waals surface area contributed by atoms with Gasteiger partial charge < -0.3 is 0 Å². The van der Waals surface area contributed by atoms with Crippen LogP contribution in [0.25, 0.3) is 86.9 Å². The van der Waals surface area contributed by atoms with Crippen molar-refractivity contribution in [3.63, 3.8) is 0 Å². The van der Waals surface area contributed by atoms with Gasteiger partial charge in [-0.2, -0.15) is 0 Å². The maximum absolute atomic E-state index is 13.9. The molecule has 9 aromatic rings. The Balaban J connectivity index is 1.43. The first-order valence-electron chi connectivity index (χ1n) is 14.0. The van der Waals surface area contributed by atoms with E-state index in [1.54, 1.807) is 12.1 Å². The second kappa shape index (κ2) is 8.36. The normalized spacial score (nSPS) is 12.0. The van der Waals surface area contributed by atoms with Crippen LogP contribution in [0.15, 0.2) is 140 Å². The van der Waals surface area contributed by atoms with Crippen molar-refractivity contribution >= 4 is 64.6 Å². The topological polar surface area (TPSA) is 0 Å². The molecule has 0 aliphatic heterocycles. The van der Waals surface area contributed by atoms with E-state index >= 15 is 0 Å². The largest absolute Gasteiger partial charge is 0.207 e. The van der Waals surface area contributed by atoms with Crippen LogP contribution in [-0.2, 0) is 0 Å². The predicted molar refractivity (Wildman–Crippen MR) is 173 cm³/mol. The van der Waals surface area contributed by atoms with Gasteiger partial charge in [0.25, 0.3) is 0 Å². The van der Waals surface area contributed by atoms with Crippen molar-refractivity contribution in [2.75, 3.05) is 0 Å². The van der Waals surface area contributed by atoms with Crippen molar-refractivity contribution in [3.8, 4) is 22.3 Å². The zero-order valence-corrected chi connectivity index (χ0v) is 22.2.